The molecule has 0 aliphatic carbocycles. The quantitative estimate of drug-likeness (QED) is 0.658. The lowest BCUT2D eigenvalue weighted by molar-refractivity contribution is 0.0211. The molecule has 3 N–H and O–H groups in total. The van der Waals surface area contributed by atoms with Gasteiger partial charge in [0.05, 0.1) is 25.7 Å². The van der Waals surface area contributed by atoms with Gasteiger partial charge in [-0.25, -0.2) is 0 Å². The van der Waals surface area contributed by atoms with Crippen molar-refractivity contribution < 1.29 is 24.9 Å². The largest absolute Gasteiger partial charge is 0.504 e. The number of nitriles is 1. The summed E-state index contributed by atoms with van der Waals surface area (Å²) >= 11 is 0. The fraction of sp³-hybridized carbons (Fsp3) is 0.333. The molecule has 1 aromatic carbocycles. The molecule has 18 heavy (non-hydrogen) atoms. The van der Waals surface area contributed by atoms with Gasteiger partial charge in [-0.15, -0.1) is 0 Å². The van der Waals surface area contributed by atoms with Crippen LogP contribution >= 0.6 is 0 Å². The van der Waals surface area contributed by atoms with Crippen molar-refractivity contribution in [2.75, 3.05) is 7.11 Å². The fourth-order valence-electron chi connectivity index (χ4n) is 1.53. The first-order valence-electron chi connectivity index (χ1n) is 5.14. The second kappa shape index (κ2) is 6.00. The van der Waals surface area contributed by atoms with Crippen LogP contribution in [0, 0.1) is 11.3 Å². The molecule has 6 heteroatoms. The summed E-state index contributed by atoms with van der Waals surface area (Å²) in [4.78, 5) is 10.9. The molecule has 2 atom stereocenters. The van der Waals surface area contributed by atoms with E-state index in [-0.39, 0.29) is 29.0 Å². The van der Waals surface area contributed by atoms with E-state index >= 15 is 0 Å². The number of rotatable bonds is 5. The molecule has 0 saturated carbocycles. The number of carbonyl (C=O) groups is 1. The van der Waals surface area contributed by atoms with Crippen LogP contribution in [0.4, 0.5) is 0 Å². The summed E-state index contributed by atoms with van der Waals surface area (Å²) in [6, 6.07) is 4.09. The molecule has 0 saturated heterocycles. The van der Waals surface area contributed by atoms with Crippen LogP contribution in [0.5, 0.6) is 11.5 Å². The Balaban J connectivity index is 3.19. The van der Waals surface area contributed by atoms with Crippen molar-refractivity contribution in [3.8, 4) is 17.6 Å². The van der Waals surface area contributed by atoms with Crippen LogP contribution < -0.4 is 4.74 Å². The number of carbonyl (C=O) groups excluding carboxylic acids is 1. The van der Waals surface area contributed by atoms with Gasteiger partial charge in [-0.05, 0) is 17.7 Å². The molecule has 1 aromatic rings. The zero-order chi connectivity index (χ0) is 13.7. The third kappa shape index (κ3) is 2.77. The highest BCUT2D eigenvalue weighted by atomic mass is 16.5. The summed E-state index contributed by atoms with van der Waals surface area (Å²) in [7, 11) is 1.32. The van der Waals surface area contributed by atoms with Gasteiger partial charge in [0.2, 0.25) is 0 Å². The van der Waals surface area contributed by atoms with Crippen LogP contribution in [0.1, 0.15) is 28.4 Å². The molecular weight excluding hydrogens is 238 g/mol. The Morgan fingerprint density at radius 2 is 2.17 bits per heavy atom. The number of methoxy groups -OCH3 is 1. The average molecular weight is 251 g/mol. The van der Waals surface area contributed by atoms with Crippen molar-refractivity contribution in [1.29, 1.82) is 5.26 Å². The van der Waals surface area contributed by atoms with Crippen molar-refractivity contribution in [3.05, 3.63) is 23.3 Å². The fourth-order valence-corrected chi connectivity index (χ4v) is 1.53. The zero-order valence-electron chi connectivity index (χ0n) is 9.70. The first-order valence-corrected chi connectivity index (χ1v) is 5.14. The van der Waals surface area contributed by atoms with Crippen LogP contribution in [0.3, 0.4) is 0 Å². The Hall–Kier alpha value is -2.10. The maximum atomic E-state index is 10.9. The molecule has 0 aliphatic heterocycles. The number of phenols is 1. The van der Waals surface area contributed by atoms with Crippen LogP contribution in [-0.4, -0.2) is 34.8 Å². The highest BCUT2D eigenvalue weighted by molar-refractivity contribution is 5.79. The van der Waals surface area contributed by atoms with Crippen molar-refractivity contribution in [1.82, 2.24) is 0 Å². The van der Waals surface area contributed by atoms with Gasteiger partial charge in [0, 0.05) is 5.56 Å². The predicted molar refractivity (Wildman–Crippen MR) is 61.2 cm³/mol. The summed E-state index contributed by atoms with van der Waals surface area (Å²) in [6.45, 7) is 0. The van der Waals surface area contributed by atoms with E-state index in [0.717, 1.165) is 6.07 Å². The van der Waals surface area contributed by atoms with E-state index in [0.29, 0.717) is 6.29 Å². The van der Waals surface area contributed by atoms with Crippen LogP contribution in [-0.2, 0) is 0 Å². The topological polar surface area (TPSA) is 111 Å². The van der Waals surface area contributed by atoms with E-state index in [1.54, 1.807) is 6.07 Å². The first-order chi connectivity index (χ1) is 8.54. The minimum atomic E-state index is -1.43. The van der Waals surface area contributed by atoms with Gasteiger partial charge >= 0.3 is 0 Å². The number of ether oxygens (including phenoxy) is 1. The number of phenolic OH excluding ortho intramolecular Hbond substituents is 1. The zero-order valence-corrected chi connectivity index (χ0v) is 9.70. The SMILES string of the molecule is COc1cc(C=O)c(C(O)C(O)CC#N)cc1O. The number of aliphatic hydroxyl groups is 2. The molecule has 0 radical (unpaired) electrons. The van der Waals surface area contributed by atoms with Crippen LogP contribution in [0.25, 0.3) is 0 Å². The second-order valence-electron chi connectivity index (χ2n) is 3.65. The lowest BCUT2D eigenvalue weighted by Crippen LogP contribution is -2.18. The van der Waals surface area contributed by atoms with Crippen molar-refractivity contribution in [2.45, 2.75) is 18.6 Å². The average Bonchev–Trinajstić information content (AvgIpc) is 2.37. The third-order valence-corrected chi connectivity index (χ3v) is 2.50. The molecule has 0 bridgehead atoms. The second-order valence-corrected chi connectivity index (χ2v) is 3.65. The maximum absolute atomic E-state index is 10.9. The van der Waals surface area contributed by atoms with Gasteiger partial charge in [0.1, 0.15) is 6.10 Å². The molecule has 0 aromatic heterocycles. The Kier molecular flexibility index (Phi) is 4.66. The van der Waals surface area contributed by atoms with Crippen molar-refractivity contribution >= 4 is 6.29 Å². The Labute approximate surface area is 104 Å². The number of aliphatic hydroxyl groups excluding tert-OH is 2. The smallest absolute Gasteiger partial charge is 0.161 e. The number of aldehydes is 1. The minimum Gasteiger partial charge on any atom is -0.504 e. The molecule has 2 unspecified atom stereocenters. The number of nitrogens with zero attached hydrogens (tertiary/aromatic N) is 1. The van der Waals surface area contributed by atoms with E-state index in [2.05, 4.69) is 0 Å². The Bertz CT molecular complexity index is 480. The van der Waals surface area contributed by atoms with Gasteiger partial charge in [-0.3, -0.25) is 4.79 Å². The predicted octanol–water partition coefficient (Wildman–Crippen LogP) is 0.521. The summed E-state index contributed by atoms with van der Waals surface area (Å²) < 4.78 is 4.82. The number of hydrogen-bond acceptors (Lipinski definition) is 6. The summed E-state index contributed by atoms with van der Waals surface area (Å²) in [6.07, 6.45) is -2.57. The van der Waals surface area contributed by atoms with E-state index in [9.17, 15) is 20.1 Å². The monoisotopic (exact) mass is 251 g/mol. The third-order valence-electron chi connectivity index (χ3n) is 2.50. The van der Waals surface area contributed by atoms with Gasteiger partial charge in [-0.1, -0.05) is 0 Å². The van der Waals surface area contributed by atoms with E-state index in [4.69, 9.17) is 10.00 Å². The molecule has 0 fully saturated rings. The Morgan fingerprint density at radius 3 is 2.67 bits per heavy atom. The lowest BCUT2D eigenvalue weighted by Gasteiger charge is -2.18. The Morgan fingerprint density at radius 1 is 1.50 bits per heavy atom. The maximum Gasteiger partial charge on any atom is 0.161 e. The van der Waals surface area contributed by atoms with Crippen LogP contribution in [0.15, 0.2) is 12.1 Å². The van der Waals surface area contributed by atoms with Gasteiger partial charge in [-0.2, -0.15) is 5.26 Å². The van der Waals surface area contributed by atoms with Crippen molar-refractivity contribution in [3.63, 3.8) is 0 Å². The van der Waals surface area contributed by atoms with E-state index < -0.39 is 12.2 Å². The highest BCUT2D eigenvalue weighted by Crippen LogP contribution is 2.33. The molecule has 96 valence electrons. The highest BCUT2D eigenvalue weighted by Gasteiger charge is 2.22. The summed E-state index contributed by atoms with van der Waals surface area (Å²) in [5, 5.41) is 37.3. The molecule has 0 heterocycles. The van der Waals surface area contributed by atoms with E-state index in [1.807, 2.05) is 0 Å². The van der Waals surface area contributed by atoms with E-state index in [1.165, 1.54) is 13.2 Å². The molecule has 6 nitrogen and oxygen atoms in total. The lowest BCUT2D eigenvalue weighted by atomic mass is 9.97. The standard InChI is InChI=1S/C12H13NO5/c1-18-11-4-7(6-14)8(5-10(11)16)12(17)9(15)2-3-13/h4-6,9,12,15-17H,2H2,1H3. The molecule has 1 rings (SSSR count). The molecular formula is C12H13NO5. The number of hydrogen-bond donors (Lipinski definition) is 3. The first kappa shape index (κ1) is 14.0. The minimum absolute atomic E-state index is 0.0473. The normalized spacial score (nSPS) is 13.4. The van der Waals surface area contributed by atoms with Gasteiger partial charge in [0.25, 0.3) is 0 Å². The molecule has 0 spiro atoms. The van der Waals surface area contributed by atoms with Gasteiger partial charge in [0.15, 0.2) is 17.8 Å². The molecule has 0 amide bonds. The van der Waals surface area contributed by atoms with Gasteiger partial charge < -0.3 is 20.1 Å². The number of benzene rings is 1. The van der Waals surface area contributed by atoms with Crippen molar-refractivity contribution in [2.24, 2.45) is 0 Å². The summed E-state index contributed by atoms with van der Waals surface area (Å²) in [5.74, 6) is -0.177. The van der Waals surface area contributed by atoms with Crippen LogP contribution in [0.2, 0.25) is 0 Å². The summed E-state index contributed by atoms with van der Waals surface area (Å²) in [5.41, 5.74) is 0.125. The number of aromatic hydroxyl groups is 1. The molecule has 0 aliphatic rings.